The van der Waals surface area contributed by atoms with E-state index >= 15 is 0 Å². The molecule has 0 aromatic heterocycles. The van der Waals surface area contributed by atoms with E-state index in [4.69, 9.17) is 16.3 Å². The van der Waals surface area contributed by atoms with Crippen LogP contribution >= 0.6 is 11.6 Å². The predicted molar refractivity (Wildman–Crippen MR) is 104 cm³/mol. The fourth-order valence-corrected chi connectivity index (χ4v) is 2.62. The van der Waals surface area contributed by atoms with Crippen LogP contribution in [-0.2, 0) is 14.3 Å². The van der Waals surface area contributed by atoms with Gasteiger partial charge in [-0.25, -0.2) is 4.79 Å². The molecule has 0 heterocycles. The first-order valence-electron chi connectivity index (χ1n) is 8.00. The van der Waals surface area contributed by atoms with Gasteiger partial charge in [0.1, 0.15) is 0 Å². The molecule has 0 unspecified atom stereocenters. The van der Waals surface area contributed by atoms with E-state index in [0.29, 0.717) is 16.3 Å². The van der Waals surface area contributed by atoms with Crippen LogP contribution in [0.4, 0.5) is 5.69 Å². The summed E-state index contributed by atoms with van der Waals surface area (Å²) in [6.07, 6.45) is 2.79. The van der Waals surface area contributed by atoms with Crippen molar-refractivity contribution in [1.82, 2.24) is 0 Å². The highest BCUT2D eigenvalue weighted by Gasteiger charge is 2.06. The number of halogens is 1. The minimum absolute atomic E-state index is 0.363. The van der Waals surface area contributed by atoms with Crippen LogP contribution in [0.3, 0.4) is 0 Å². The second-order valence-electron chi connectivity index (χ2n) is 5.57. The standard InChI is InChI=1S/C21H16ClNO3/c22-19-8-4-3-6-16(19)10-12-21(25)26-14-20(24)23-18-11-9-15-5-1-2-7-17(15)13-18/h1-13H,14H2,(H,23,24)/b12-10+. The molecular formula is C21H16ClNO3. The van der Waals surface area contributed by atoms with Crippen molar-refractivity contribution in [2.45, 2.75) is 0 Å². The van der Waals surface area contributed by atoms with Crippen LogP contribution in [-0.4, -0.2) is 18.5 Å². The smallest absolute Gasteiger partial charge is 0.331 e. The number of fused-ring (bicyclic) bond motifs is 1. The van der Waals surface area contributed by atoms with Gasteiger partial charge in [0.2, 0.25) is 0 Å². The zero-order valence-electron chi connectivity index (χ0n) is 13.8. The Bertz CT molecular complexity index is 982. The number of hydrogen-bond donors (Lipinski definition) is 1. The second kappa shape index (κ2) is 8.32. The lowest BCUT2D eigenvalue weighted by Crippen LogP contribution is -2.20. The average Bonchev–Trinajstić information content (AvgIpc) is 2.65. The van der Waals surface area contributed by atoms with Crippen molar-refractivity contribution in [3.05, 3.63) is 83.4 Å². The molecule has 3 rings (SSSR count). The SMILES string of the molecule is O=C(COC(=O)/C=C/c1ccccc1Cl)Nc1ccc2ccccc2c1. The Morgan fingerprint density at radius 3 is 2.50 bits per heavy atom. The summed E-state index contributed by atoms with van der Waals surface area (Å²) in [7, 11) is 0. The van der Waals surface area contributed by atoms with E-state index in [2.05, 4.69) is 5.32 Å². The molecule has 26 heavy (non-hydrogen) atoms. The van der Waals surface area contributed by atoms with E-state index in [1.165, 1.54) is 6.08 Å². The van der Waals surface area contributed by atoms with E-state index in [1.54, 1.807) is 30.3 Å². The highest BCUT2D eigenvalue weighted by atomic mass is 35.5. The summed E-state index contributed by atoms with van der Waals surface area (Å²) in [5.74, 6) is -1.02. The zero-order valence-corrected chi connectivity index (χ0v) is 14.6. The van der Waals surface area contributed by atoms with Gasteiger partial charge in [-0.2, -0.15) is 0 Å². The molecule has 3 aromatic carbocycles. The van der Waals surface area contributed by atoms with Crippen LogP contribution in [0.15, 0.2) is 72.8 Å². The maximum atomic E-state index is 11.9. The van der Waals surface area contributed by atoms with Gasteiger partial charge in [0.25, 0.3) is 5.91 Å². The minimum Gasteiger partial charge on any atom is -0.452 e. The third-order valence-electron chi connectivity index (χ3n) is 3.68. The fourth-order valence-electron chi connectivity index (χ4n) is 2.42. The molecule has 0 aliphatic rings. The van der Waals surface area contributed by atoms with E-state index in [0.717, 1.165) is 10.8 Å². The Morgan fingerprint density at radius 1 is 0.962 bits per heavy atom. The molecule has 4 nitrogen and oxygen atoms in total. The summed E-state index contributed by atoms with van der Waals surface area (Å²) >= 11 is 6.00. The first-order valence-corrected chi connectivity index (χ1v) is 8.37. The summed E-state index contributed by atoms with van der Waals surface area (Å²) in [4.78, 5) is 23.7. The highest BCUT2D eigenvalue weighted by Crippen LogP contribution is 2.19. The lowest BCUT2D eigenvalue weighted by Gasteiger charge is -2.07. The van der Waals surface area contributed by atoms with Crippen molar-refractivity contribution in [2.24, 2.45) is 0 Å². The summed E-state index contributed by atoms with van der Waals surface area (Å²) in [6, 6.07) is 20.6. The minimum atomic E-state index is -0.612. The number of nitrogens with one attached hydrogen (secondary N) is 1. The Balaban J connectivity index is 1.53. The van der Waals surface area contributed by atoms with Crippen LogP contribution in [0.2, 0.25) is 5.02 Å². The van der Waals surface area contributed by atoms with Crippen LogP contribution in [0.5, 0.6) is 0 Å². The average molecular weight is 366 g/mol. The van der Waals surface area contributed by atoms with Crippen LogP contribution in [0.25, 0.3) is 16.8 Å². The Kier molecular flexibility index (Phi) is 5.66. The number of carbonyl (C=O) groups excluding carboxylic acids is 2. The van der Waals surface area contributed by atoms with Gasteiger partial charge in [0, 0.05) is 16.8 Å². The number of carbonyl (C=O) groups is 2. The Labute approximate surface area is 156 Å². The van der Waals surface area contributed by atoms with Gasteiger partial charge in [0.15, 0.2) is 6.61 Å². The number of anilines is 1. The summed E-state index contributed by atoms with van der Waals surface area (Å²) < 4.78 is 4.94. The molecular weight excluding hydrogens is 350 g/mol. The molecule has 3 aromatic rings. The molecule has 0 radical (unpaired) electrons. The Morgan fingerprint density at radius 2 is 1.69 bits per heavy atom. The summed E-state index contributed by atoms with van der Waals surface area (Å²) in [5, 5.41) is 5.35. The van der Waals surface area contributed by atoms with Gasteiger partial charge >= 0.3 is 5.97 Å². The number of hydrogen-bond acceptors (Lipinski definition) is 3. The molecule has 5 heteroatoms. The van der Waals surface area contributed by atoms with Crippen molar-refractivity contribution in [3.63, 3.8) is 0 Å². The number of amides is 1. The van der Waals surface area contributed by atoms with E-state index in [-0.39, 0.29) is 6.61 Å². The Hall–Kier alpha value is -3.11. The molecule has 0 aliphatic heterocycles. The monoisotopic (exact) mass is 365 g/mol. The van der Waals surface area contributed by atoms with Gasteiger partial charge in [-0.1, -0.05) is 60.1 Å². The van der Waals surface area contributed by atoms with Crippen molar-refractivity contribution in [1.29, 1.82) is 0 Å². The van der Waals surface area contributed by atoms with Crippen molar-refractivity contribution in [3.8, 4) is 0 Å². The van der Waals surface area contributed by atoms with Gasteiger partial charge in [0.05, 0.1) is 0 Å². The zero-order chi connectivity index (χ0) is 18.4. The molecule has 130 valence electrons. The molecule has 1 N–H and O–H groups in total. The van der Waals surface area contributed by atoms with Crippen molar-refractivity contribution >= 4 is 46.0 Å². The van der Waals surface area contributed by atoms with Crippen LogP contribution < -0.4 is 5.32 Å². The van der Waals surface area contributed by atoms with E-state index in [1.807, 2.05) is 42.5 Å². The number of ether oxygens (including phenoxy) is 1. The van der Waals surface area contributed by atoms with Gasteiger partial charge in [-0.05, 0) is 40.6 Å². The van der Waals surface area contributed by atoms with Crippen LogP contribution in [0, 0.1) is 0 Å². The van der Waals surface area contributed by atoms with Gasteiger partial charge in [-0.3, -0.25) is 4.79 Å². The molecule has 0 aliphatic carbocycles. The highest BCUT2D eigenvalue weighted by molar-refractivity contribution is 6.32. The molecule has 0 saturated heterocycles. The largest absolute Gasteiger partial charge is 0.452 e. The molecule has 0 bridgehead atoms. The third kappa shape index (κ3) is 4.71. The lowest BCUT2D eigenvalue weighted by atomic mass is 10.1. The number of benzene rings is 3. The van der Waals surface area contributed by atoms with E-state index < -0.39 is 11.9 Å². The van der Waals surface area contributed by atoms with Gasteiger partial charge < -0.3 is 10.1 Å². The quantitative estimate of drug-likeness (QED) is 0.527. The maximum Gasteiger partial charge on any atom is 0.331 e. The van der Waals surface area contributed by atoms with Gasteiger partial charge in [-0.15, -0.1) is 0 Å². The topological polar surface area (TPSA) is 55.4 Å². The van der Waals surface area contributed by atoms with Crippen molar-refractivity contribution < 1.29 is 14.3 Å². The first kappa shape index (κ1) is 17.7. The van der Waals surface area contributed by atoms with E-state index in [9.17, 15) is 9.59 Å². The molecule has 0 fully saturated rings. The van der Waals surface area contributed by atoms with Crippen LogP contribution in [0.1, 0.15) is 5.56 Å². The molecule has 0 atom stereocenters. The maximum absolute atomic E-state index is 11.9. The summed E-state index contributed by atoms with van der Waals surface area (Å²) in [5.41, 5.74) is 1.35. The predicted octanol–water partition coefficient (Wildman–Crippen LogP) is 4.69. The first-order chi connectivity index (χ1) is 12.6. The molecule has 0 saturated carbocycles. The third-order valence-corrected chi connectivity index (χ3v) is 4.03. The summed E-state index contributed by atoms with van der Waals surface area (Å²) in [6.45, 7) is -0.363. The normalized spacial score (nSPS) is 10.8. The number of esters is 1. The molecule has 1 amide bonds. The van der Waals surface area contributed by atoms with Crippen molar-refractivity contribution in [2.75, 3.05) is 11.9 Å². The number of rotatable bonds is 5. The lowest BCUT2D eigenvalue weighted by molar-refractivity contribution is -0.142. The fraction of sp³-hybridized carbons (Fsp3) is 0.0476. The second-order valence-corrected chi connectivity index (χ2v) is 5.98. The molecule has 0 spiro atoms.